The maximum Gasteiger partial charge on any atom is 0.300 e. The number of aliphatic hydroxyl groups excluding tert-OH is 1. The van der Waals surface area contributed by atoms with Crippen LogP contribution in [0.1, 0.15) is 46.7 Å². The third kappa shape index (κ3) is 4.73. The Morgan fingerprint density at radius 3 is 2.29 bits per heavy atom. The highest BCUT2D eigenvalue weighted by Gasteiger charge is 2.48. The number of furan rings is 1. The molecule has 5 rings (SSSR count). The van der Waals surface area contributed by atoms with Gasteiger partial charge in [-0.2, -0.15) is 0 Å². The maximum atomic E-state index is 13.4. The monoisotopic (exact) mass is 507 g/mol. The molecule has 1 N–H and O–H groups in total. The number of benzene rings is 3. The zero-order valence-corrected chi connectivity index (χ0v) is 21.6. The molecular weight excluding hydrogens is 478 g/mol. The predicted octanol–water partition coefficient (Wildman–Crippen LogP) is 6.66. The molecule has 6 nitrogen and oxygen atoms in total. The fourth-order valence-corrected chi connectivity index (χ4v) is 4.71. The number of hydrogen-bond acceptors (Lipinski definition) is 5. The minimum Gasteiger partial charge on any atom is -0.507 e. The number of Topliss-reactive ketones (excluding diaryl/α,β-unsaturated/α-hetero) is 1. The van der Waals surface area contributed by atoms with Crippen molar-refractivity contribution in [3.63, 3.8) is 0 Å². The van der Waals surface area contributed by atoms with E-state index in [0.717, 1.165) is 23.1 Å². The molecule has 1 aliphatic heterocycles. The van der Waals surface area contributed by atoms with E-state index in [1.807, 2.05) is 68.4 Å². The third-order valence-electron chi connectivity index (χ3n) is 6.78. The van der Waals surface area contributed by atoms with Crippen LogP contribution < -0.4 is 9.64 Å². The van der Waals surface area contributed by atoms with Crippen LogP contribution in [0.5, 0.6) is 5.75 Å². The number of nitrogens with zero attached hydrogens (tertiary/aromatic N) is 1. The first-order chi connectivity index (χ1) is 18.4. The lowest BCUT2D eigenvalue weighted by molar-refractivity contribution is -0.132. The maximum absolute atomic E-state index is 13.4. The summed E-state index contributed by atoms with van der Waals surface area (Å²) < 4.78 is 11.8. The number of carbonyl (C=O) groups excluding carboxylic acids is 2. The van der Waals surface area contributed by atoms with Crippen LogP contribution in [0.2, 0.25) is 0 Å². The lowest BCUT2D eigenvalue weighted by atomic mass is 9.98. The Labute approximate surface area is 221 Å². The molecule has 0 bridgehead atoms. The molecule has 0 radical (unpaired) electrons. The summed E-state index contributed by atoms with van der Waals surface area (Å²) in [5.74, 6) is -0.0181. The van der Waals surface area contributed by atoms with Gasteiger partial charge in [0.05, 0.1) is 5.57 Å². The Kier molecular flexibility index (Phi) is 6.88. The zero-order valence-electron chi connectivity index (χ0n) is 21.6. The van der Waals surface area contributed by atoms with Gasteiger partial charge in [0.15, 0.2) is 0 Å². The number of hydrogen-bond donors (Lipinski definition) is 1. The van der Waals surface area contributed by atoms with E-state index in [1.54, 1.807) is 37.3 Å². The van der Waals surface area contributed by atoms with E-state index in [1.165, 1.54) is 4.90 Å². The molecule has 1 aliphatic rings. The van der Waals surface area contributed by atoms with Gasteiger partial charge in [-0.3, -0.25) is 14.5 Å². The summed E-state index contributed by atoms with van der Waals surface area (Å²) in [6, 6.07) is 25.1. The summed E-state index contributed by atoms with van der Waals surface area (Å²) in [6.45, 7) is 6.13. The lowest BCUT2D eigenvalue weighted by Gasteiger charge is -2.23. The van der Waals surface area contributed by atoms with Crippen molar-refractivity contribution in [2.75, 3.05) is 4.90 Å². The number of anilines is 1. The summed E-state index contributed by atoms with van der Waals surface area (Å²) in [5, 5.41) is 11.4. The molecule has 1 atom stereocenters. The number of aryl methyl sites for hydroxylation is 3. The highest BCUT2D eigenvalue weighted by molar-refractivity contribution is 6.51. The van der Waals surface area contributed by atoms with Crippen molar-refractivity contribution in [3.8, 4) is 5.75 Å². The molecule has 0 spiro atoms. The summed E-state index contributed by atoms with van der Waals surface area (Å²) in [5.41, 5.74) is 3.91. The molecule has 6 heteroatoms. The molecule has 1 fully saturated rings. The molecule has 1 saturated heterocycles. The normalized spacial score (nSPS) is 16.7. The van der Waals surface area contributed by atoms with Crippen LogP contribution >= 0.6 is 0 Å². The van der Waals surface area contributed by atoms with Crippen molar-refractivity contribution >= 4 is 23.1 Å². The van der Waals surface area contributed by atoms with Crippen molar-refractivity contribution in [1.82, 2.24) is 0 Å². The van der Waals surface area contributed by atoms with Crippen LogP contribution in [0.3, 0.4) is 0 Å². The van der Waals surface area contributed by atoms with Gasteiger partial charge in [0, 0.05) is 11.3 Å². The highest BCUT2D eigenvalue weighted by atomic mass is 16.5. The van der Waals surface area contributed by atoms with E-state index in [2.05, 4.69) is 0 Å². The quantitative estimate of drug-likeness (QED) is 0.172. The topological polar surface area (TPSA) is 80.0 Å². The van der Waals surface area contributed by atoms with Crippen molar-refractivity contribution in [1.29, 1.82) is 0 Å². The highest BCUT2D eigenvalue weighted by Crippen LogP contribution is 2.43. The van der Waals surface area contributed by atoms with E-state index in [-0.39, 0.29) is 11.3 Å². The van der Waals surface area contributed by atoms with Crippen molar-refractivity contribution in [2.45, 2.75) is 39.8 Å². The van der Waals surface area contributed by atoms with Crippen LogP contribution in [0, 0.1) is 13.8 Å². The number of aliphatic hydroxyl groups is 1. The fraction of sp³-hybridized carbons (Fsp3) is 0.188. The molecule has 192 valence electrons. The van der Waals surface area contributed by atoms with Crippen LogP contribution in [-0.2, 0) is 22.6 Å². The summed E-state index contributed by atoms with van der Waals surface area (Å²) in [7, 11) is 0. The summed E-state index contributed by atoms with van der Waals surface area (Å²) in [4.78, 5) is 28.1. The molecule has 2 heterocycles. The summed E-state index contributed by atoms with van der Waals surface area (Å²) >= 11 is 0. The minimum atomic E-state index is -0.898. The molecule has 1 aromatic heterocycles. The van der Waals surface area contributed by atoms with Gasteiger partial charge in [0.1, 0.15) is 35.7 Å². The van der Waals surface area contributed by atoms with E-state index >= 15 is 0 Å². The second-order valence-corrected chi connectivity index (χ2v) is 9.39. The van der Waals surface area contributed by atoms with E-state index in [0.29, 0.717) is 35.1 Å². The largest absolute Gasteiger partial charge is 0.507 e. The number of amides is 1. The van der Waals surface area contributed by atoms with Crippen molar-refractivity contribution in [3.05, 3.63) is 124 Å². The van der Waals surface area contributed by atoms with Gasteiger partial charge in [-0.05, 0) is 79.4 Å². The van der Waals surface area contributed by atoms with Gasteiger partial charge in [-0.25, -0.2) is 0 Å². The predicted molar refractivity (Wildman–Crippen MR) is 146 cm³/mol. The molecule has 0 aliphatic carbocycles. The molecule has 0 saturated carbocycles. The molecule has 4 aromatic rings. The Hall–Kier alpha value is -4.58. The third-order valence-corrected chi connectivity index (χ3v) is 6.78. The van der Waals surface area contributed by atoms with Gasteiger partial charge >= 0.3 is 0 Å². The molecule has 3 aromatic carbocycles. The van der Waals surface area contributed by atoms with Crippen molar-refractivity contribution < 1.29 is 23.8 Å². The second-order valence-electron chi connectivity index (χ2n) is 9.39. The lowest BCUT2D eigenvalue weighted by Crippen LogP contribution is -2.29. The second kappa shape index (κ2) is 10.4. The van der Waals surface area contributed by atoms with Gasteiger partial charge in [0.2, 0.25) is 0 Å². The minimum absolute atomic E-state index is 0.0127. The van der Waals surface area contributed by atoms with Crippen LogP contribution in [0.15, 0.2) is 94.9 Å². The molecular formula is C32H29NO5. The fourth-order valence-electron chi connectivity index (χ4n) is 4.71. The Morgan fingerprint density at radius 1 is 0.921 bits per heavy atom. The molecule has 1 unspecified atom stereocenters. The Balaban J connectivity index is 1.53. The first-order valence-corrected chi connectivity index (χ1v) is 12.6. The van der Waals surface area contributed by atoms with E-state index < -0.39 is 17.7 Å². The Bertz CT molecular complexity index is 1520. The average molecular weight is 508 g/mol. The van der Waals surface area contributed by atoms with E-state index in [4.69, 9.17) is 9.15 Å². The standard InChI is InChI=1S/C32H29NO5/c1-4-22-11-14-25(15-12-22)33-29(27-16-10-21(3)38-27)28(31(35)32(33)36)30(34)24-13-17-26(20(2)18-24)37-19-23-8-6-5-7-9-23/h5-18,29,34H,4,19H2,1-3H3/b30-28-. The van der Waals surface area contributed by atoms with Gasteiger partial charge in [-0.15, -0.1) is 0 Å². The summed E-state index contributed by atoms with van der Waals surface area (Å²) in [6.07, 6.45) is 0.852. The molecule has 38 heavy (non-hydrogen) atoms. The van der Waals surface area contributed by atoms with Crippen molar-refractivity contribution in [2.24, 2.45) is 0 Å². The van der Waals surface area contributed by atoms with Gasteiger partial charge in [0.25, 0.3) is 11.7 Å². The SMILES string of the molecule is CCc1ccc(N2C(=O)C(=O)/C(=C(\O)c3ccc(OCc4ccccc4)c(C)c3)C2c2ccc(C)o2)cc1. The number of ketones is 1. The van der Waals surface area contributed by atoms with Gasteiger partial charge < -0.3 is 14.3 Å². The van der Waals surface area contributed by atoms with E-state index in [9.17, 15) is 14.7 Å². The first kappa shape index (κ1) is 25.1. The first-order valence-electron chi connectivity index (χ1n) is 12.6. The zero-order chi connectivity index (χ0) is 26.8. The number of carbonyl (C=O) groups is 2. The molecule has 1 amide bonds. The van der Waals surface area contributed by atoms with Crippen LogP contribution in [0.25, 0.3) is 5.76 Å². The van der Waals surface area contributed by atoms with Gasteiger partial charge in [-0.1, -0.05) is 49.4 Å². The van der Waals surface area contributed by atoms with Crippen LogP contribution in [0.4, 0.5) is 5.69 Å². The van der Waals surface area contributed by atoms with Crippen LogP contribution in [-0.4, -0.2) is 16.8 Å². The Morgan fingerprint density at radius 2 is 1.66 bits per heavy atom. The average Bonchev–Trinajstić information content (AvgIpc) is 3.48. The smallest absolute Gasteiger partial charge is 0.300 e. The number of rotatable bonds is 7. The number of ether oxygens (including phenoxy) is 1.